The fraction of sp³-hybridized carbons (Fsp3) is 0.250. The van der Waals surface area contributed by atoms with Crippen LogP contribution in [0.5, 0.6) is 0 Å². The summed E-state index contributed by atoms with van der Waals surface area (Å²) in [6, 6.07) is 14.9. The van der Waals surface area contributed by atoms with Crippen molar-refractivity contribution in [3.8, 4) is 0 Å². The zero-order valence-electron chi connectivity index (χ0n) is 14.7. The Morgan fingerprint density at radius 2 is 1.81 bits per heavy atom. The van der Waals surface area contributed by atoms with Gasteiger partial charge < -0.3 is 5.32 Å². The predicted octanol–water partition coefficient (Wildman–Crippen LogP) is 3.32. The van der Waals surface area contributed by atoms with Gasteiger partial charge in [-0.25, -0.2) is 8.42 Å². The van der Waals surface area contributed by atoms with Crippen LogP contribution in [0, 0.1) is 0 Å². The molecule has 1 aliphatic rings. The molecule has 0 aromatic heterocycles. The molecule has 3 rings (SSSR count). The molecule has 27 heavy (non-hydrogen) atoms. The van der Waals surface area contributed by atoms with Crippen molar-refractivity contribution in [2.75, 3.05) is 13.1 Å². The second-order valence-electron chi connectivity index (χ2n) is 6.29. The summed E-state index contributed by atoms with van der Waals surface area (Å²) in [6.07, 6.45) is 4.86. The summed E-state index contributed by atoms with van der Waals surface area (Å²) < 4.78 is 27.7. The predicted molar refractivity (Wildman–Crippen MR) is 107 cm³/mol. The number of sulfonamides is 1. The van der Waals surface area contributed by atoms with Gasteiger partial charge in [0, 0.05) is 18.1 Å². The number of nitrogens with one attached hydrogen (secondary N) is 1. The van der Waals surface area contributed by atoms with E-state index in [1.165, 1.54) is 28.6 Å². The molecule has 0 radical (unpaired) electrons. The Labute approximate surface area is 164 Å². The van der Waals surface area contributed by atoms with Crippen LogP contribution in [0.15, 0.2) is 65.6 Å². The molecule has 1 aliphatic heterocycles. The maximum atomic E-state index is 13.2. The average molecular weight is 405 g/mol. The SMILES string of the molecule is O=C1NCCC[C@H]1N(C/C=C/c1ccccc1)S(=O)(=O)c1ccc(Cl)cc1. The van der Waals surface area contributed by atoms with E-state index in [2.05, 4.69) is 5.32 Å². The molecule has 0 saturated carbocycles. The summed E-state index contributed by atoms with van der Waals surface area (Å²) in [7, 11) is -3.84. The van der Waals surface area contributed by atoms with Crippen LogP contribution in [0.25, 0.3) is 6.08 Å². The highest BCUT2D eigenvalue weighted by molar-refractivity contribution is 7.89. The highest BCUT2D eigenvalue weighted by Crippen LogP contribution is 2.23. The van der Waals surface area contributed by atoms with Gasteiger partial charge in [-0.2, -0.15) is 4.31 Å². The van der Waals surface area contributed by atoms with E-state index in [0.717, 1.165) is 12.0 Å². The van der Waals surface area contributed by atoms with E-state index in [4.69, 9.17) is 11.6 Å². The number of amides is 1. The van der Waals surface area contributed by atoms with E-state index in [0.29, 0.717) is 18.0 Å². The molecule has 0 aliphatic carbocycles. The summed E-state index contributed by atoms with van der Waals surface area (Å²) in [6.45, 7) is 0.683. The third kappa shape index (κ3) is 4.77. The Kier molecular flexibility index (Phi) is 6.31. The fourth-order valence-electron chi connectivity index (χ4n) is 3.02. The van der Waals surface area contributed by atoms with E-state index in [1.807, 2.05) is 36.4 Å². The number of hydrogen-bond donors (Lipinski definition) is 1. The van der Waals surface area contributed by atoms with Crippen molar-refractivity contribution in [1.29, 1.82) is 0 Å². The quantitative estimate of drug-likeness (QED) is 0.803. The summed E-state index contributed by atoms with van der Waals surface area (Å²) in [5.74, 6) is -0.258. The van der Waals surface area contributed by atoms with Gasteiger partial charge in [0.25, 0.3) is 0 Å². The van der Waals surface area contributed by atoms with Gasteiger partial charge in [-0.15, -0.1) is 0 Å². The first-order valence-corrected chi connectivity index (χ1v) is 10.6. The molecule has 1 atom stereocenters. The number of carbonyl (C=O) groups is 1. The molecule has 1 N–H and O–H groups in total. The average Bonchev–Trinajstić information content (AvgIpc) is 2.67. The lowest BCUT2D eigenvalue weighted by molar-refractivity contribution is -0.126. The van der Waals surface area contributed by atoms with Crippen LogP contribution in [-0.4, -0.2) is 37.8 Å². The van der Waals surface area contributed by atoms with Crippen molar-refractivity contribution in [2.24, 2.45) is 0 Å². The smallest absolute Gasteiger partial charge is 0.244 e. The molecule has 0 spiro atoms. The molecule has 0 bridgehead atoms. The molecule has 1 amide bonds. The molecule has 5 nitrogen and oxygen atoms in total. The van der Waals surface area contributed by atoms with Crippen LogP contribution in [0.2, 0.25) is 5.02 Å². The van der Waals surface area contributed by atoms with Crippen LogP contribution in [0.4, 0.5) is 0 Å². The molecular formula is C20H21ClN2O3S. The van der Waals surface area contributed by atoms with Gasteiger partial charge >= 0.3 is 0 Å². The summed E-state index contributed by atoms with van der Waals surface area (Å²) in [5, 5.41) is 3.22. The summed E-state index contributed by atoms with van der Waals surface area (Å²) in [5.41, 5.74) is 0.967. The molecule has 2 aromatic carbocycles. The Hall–Kier alpha value is -2.15. The lowest BCUT2D eigenvalue weighted by Crippen LogP contribution is -2.52. The second kappa shape index (κ2) is 8.69. The maximum Gasteiger partial charge on any atom is 0.244 e. The highest BCUT2D eigenvalue weighted by atomic mass is 35.5. The molecule has 1 heterocycles. The van der Waals surface area contributed by atoms with E-state index in [1.54, 1.807) is 6.08 Å². The van der Waals surface area contributed by atoms with Crippen molar-refractivity contribution in [3.63, 3.8) is 0 Å². The molecule has 7 heteroatoms. The summed E-state index contributed by atoms with van der Waals surface area (Å²) in [4.78, 5) is 12.5. The van der Waals surface area contributed by atoms with Crippen molar-refractivity contribution in [3.05, 3.63) is 71.3 Å². The largest absolute Gasteiger partial charge is 0.355 e. The Balaban J connectivity index is 1.90. The number of rotatable bonds is 6. The Morgan fingerprint density at radius 1 is 1.11 bits per heavy atom. The van der Waals surface area contributed by atoms with Gasteiger partial charge in [0.1, 0.15) is 6.04 Å². The molecule has 0 unspecified atom stereocenters. The van der Waals surface area contributed by atoms with Crippen LogP contribution in [0.1, 0.15) is 18.4 Å². The number of halogens is 1. The second-order valence-corrected chi connectivity index (χ2v) is 8.62. The third-order valence-corrected chi connectivity index (χ3v) is 6.56. The van der Waals surface area contributed by atoms with E-state index in [-0.39, 0.29) is 17.3 Å². The van der Waals surface area contributed by atoms with Crippen molar-refractivity contribution in [1.82, 2.24) is 9.62 Å². The highest BCUT2D eigenvalue weighted by Gasteiger charge is 2.36. The number of piperidine rings is 1. The van der Waals surface area contributed by atoms with Gasteiger partial charge in [0.2, 0.25) is 15.9 Å². The van der Waals surface area contributed by atoms with E-state index < -0.39 is 16.1 Å². The van der Waals surface area contributed by atoms with Gasteiger partial charge in [-0.3, -0.25) is 4.79 Å². The first kappa shape index (κ1) is 19.6. The standard InChI is InChI=1S/C20H21ClN2O3S/c21-17-10-12-18(13-11-17)27(25,26)23(19-9-4-14-22-20(19)24)15-5-8-16-6-2-1-3-7-16/h1-3,5-8,10-13,19H,4,9,14-15H2,(H,22,24)/b8-5+/t19-/m1/s1. The topological polar surface area (TPSA) is 66.5 Å². The van der Waals surface area contributed by atoms with Gasteiger partial charge in [-0.05, 0) is 42.7 Å². The van der Waals surface area contributed by atoms with Crippen LogP contribution in [0.3, 0.4) is 0 Å². The molecule has 1 saturated heterocycles. The minimum Gasteiger partial charge on any atom is -0.355 e. The normalized spacial score (nSPS) is 18.0. The van der Waals surface area contributed by atoms with Gasteiger partial charge in [0.15, 0.2) is 0 Å². The zero-order chi connectivity index (χ0) is 19.3. The minimum atomic E-state index is -3.84. The van der Waals surface area contributed by atoms with E-state index in [9.17, 15) is 13.2 Å². The van der Waals surface area contributed by atoms with Gasteiger partial charge in [-0.1, -0.05) is 54.1 Å². The molecule has 142 valence electrons. The van der Waals surface area contributed by atoms with E-state index >= 15 is 0 Å². The number of benzene rings is 2. The maximum absolute atomic E-state index is 13.2. The first-order chi connectivity index (χ1) is 13.0. The number of carbonyl (C=O) groups excluding carboxylic acids is 1. The number of hydrogen-bond acceptors (Lipinski definition) is 3. The number of nitrogens with zero attached hydrogens (tertiary/aromatic N) is 1. The molecule has 1 fully saturated rings. The Bertz CT molecular complexity index is 912. The first-order valence-electron chi connectivity index (χ1n) is 8.75. The summed E-state index contributed by atoms with van der Waals surface area (Å²) >= 11 is 5.88. The lowest BCUT2D eigenvalue weighted by Gasteiger charge is -2.32. The van der Waals surface area contributed by atoms with Crippen molar-refractivity contribution >= 4 is 33.6 Å². The minimum absolute atomic E-state index is 0.109. The fourth-order valence-corrected chi connectivity index (χ4v) is 4.72. The van der Waals surface area contributed by atoms with Crippen molar-refractivity contribution in [2.45, 2.75) is 23.8 Å². The van der Waals surface area contributed by atoms with Crippen LogP contribution >= 0.6 is 11.6 Å². The van der Waals surface area contributed by atoms with Gasteiger partial charge in [0.05, 0.1) is 4.90 Å². The Morgan fingerprint density at radius 3 is 2.48 bits per heavy atom. The lowest BCUT2D eigenvalue weighted by atomic mass is 10.1. The van der Waals surface area contributed by atoms with Crippen molar-refractivity contribution < 1.29 is 13.2 Å². The molecular weight excluding hydrogens is 384 g/mol. The molecule has 2 aromatic rings. The monoisotopic (exact) mass is 404 g/mol. The van der Waals surface area contributed by atoms with Crippen LogP contribution in [-0.2, 0) is 14.8 Å². The van der Waals surface area contributed by atoms with Crippen LogP contribution < -0.4 is 5.32 Å². The third-order valence-electron chi connectivity index (χ3n) is 4.42. The zero-order valence-corrected chi connectivity index (χ0v) is 16.3.